The van der Waals surface area contributed by atoms with Crippen LogP contribution in [-0.2, 0) is 9.53 Å². The van der Waals surface area contributed by atoms with E-state index in [4.69, 9.17) is 0 Å². The molecule has 0 aromatic carbocycles. The Labute approximate surface area is 67.2 Å². The van der Waals surface area contributed by atoms with Gasteiger partial charge < -0.3 is 4.74 Å². The molecule has 11 heavy (non-hydrogen) atoms. The average molecular weight is 152 g/mol. The van der Waals surface area contributed by atoms with Gasteiger partial charge in [-0.2, -0.15) is 0 Å². The molecule has 0 aromatic rings. The van der Waals surface area contributed by atoms with Gasteiger partial charge in [0, 0.05) is 12.0 Å². The SMILES string of the molecule is CO/C=C\C#CC(=O)C(C)C. The first-order chi connectivity index (χ1) is 5.18. The maximum absolute atomic E-state index is 10.9. The van der Waals surface area contributed by atoms with Crippen molar-refractivity contribution in [1.82, 2.24) is 0 Å². The molecule has 0 aromatic heterocycles. The summed E-state index contributed by atoms with van der Waals surface area (Å²) < 4.78 is 4.59. The van der Waals surface area contributed by atoms with Crippen molar-refractivity contribution in [2.45, 2.75) is 13.8 Å². The number of carbonyl (C=O) groups is 1. The van der Waals surface area contributed by atoms with E-state index < -0.39 is 0 Å². The van der Waals surface area contributed by atoms with E-state index in [1.807, 2.05) is 13.8 Å². The Morgan fingerprint density at radius 3 is 2.64 bits per heavy atom. The fourth-order valence-electron chi connectivity index (χ4n) is 0.359. The van der Waals surface area contributed by atoms with Crippen LogP contribution >= 0.6 is 0 Å². The van der Waals surface area contributed by atoms with E-state index in [-0.39, 0.29) is 11.7 Å². The minimum atomic E-state index is -0.0502. The topological polar surface area (TPSA) is 26.3 Å². The van der Waals surface area contributed by atoms with Crippen LogP contribution in [0.2, 0.25) is 0 Å². The highest BCUT2D eigenvalue weighted by Crippen LogP contribution is 1.91. The molecule has 0 aliphatic heterocycles. The highest BCUT2D eigenvalue weighted by atomic mass is 16.5. The van der Waals surface area contributed by atoms with Crippen LogP contribution < -0.4 is 0 Å². The first-order valence-corrected chi connectivity index (χ1v) is 3.41. The molecule has 0 fully saturated rings. The number of Topliss-reactive ketones (excluding diaryl/α,β-unsaturated/α-hetero) is 1. The van der Waals surface area contributed by atoms with Gasteiger partial charge in [0.15, 0.2) is 0 Å². The Bertz CT molecular complexity index is 203. The molecular weight excluding hydrogens is 140 g/mol. The van der Waals surface area contributed by atoms with Crippen LogP contribution in [0.3, 0.4) is 0 Å². The van der Waals surface area contributed by atoms with Gasteiger partial charge in [0.1, 0.15) is 0 Å². The minimum absolute atomic E-state index is 0.0153. The number of allylic oxidation sites excluding steroid dienone is 1. The maximum Gasteiger partial charge on any atom is 0.208 e. The lowest BCUT2D eigenvalue weighted by atomic mass is 10.1. The van der Waals surface area contributed by atoms with Crippen molar-refractivity contribution in [2.75, 3.05) is 7.11 Å². The summed E-state index contributed by atoms with van der Waals surface area (Å²) >= 11 is 0. The zero-order chi connectivity index (χ0) is 8.69. The molecule has 0 atom stereocenters. The van der Waals surface area contributed by atoms with Crippen molar-refractivity contribution in [2.24, 2.45) is 5.92 Å². The lowest BCUT2D eigenvalue weighted by Crippen LogP contribution is -2.02. The van der Waals surface area contributed by atoms with Crippen LogP contribution in [0.25, 0.3) is 0 Å². The summed E-state index contributed by atoms with van der Waals surface area (Å²) in [6.45, 7) is 3.63. The number of carbonyl (C=O) groups excluding carboxylic acids is 1. The van der Waals surface area contributed by atoms with Crippen LogP contribution in [0.5, 0.6) is 0 Å². The normalized spacial score (nSPS) is 9.45. The number of rotatable bonds is 2. The first-order valence-electron chi connectivity index (χ1n) is 3.41. The molecular formula is C9H12O2. The number of hydrogen-bond donors (Lipinski definition) is 0. The molecule has 0 amide bonds. The van der Waals surface area contributed by atoms with Gasteiger partial charge in [0.2, 0.25) is 5.78 Å². The minimum Gasteiger partial charge on any atom is -0.504 e. The molecule has 60 valence electrons. The predicted molar refractivity (Wildman–Crippen MR) is 43.8 cm³/mol. The molecule has 0 spiro atoms. The van der Waals surface area contributed by atoms with Gasteiger partial charge in [-0.25, -0.2) is 0 Å². The number of methoxy groups -OCH3 is 1. The second-order valence-electron chi connectivity index (χ2n) is 2.33. The van der Waals surface area contributed by atoms with E-state index in [9.17, 15) is 4.79 Å². The molecule has 0 saturated carbocycles. The molecule has 2 nitrogen and oxygen atoms in total. The quantitative estimate of drug-likeness (QED) is 0.339. The largest absolute Gasteiger partial charge is 0.504 e. The fourth-order valence-corrected chi connectivity index (χ4v) is 0.359. The van der Waals surface area contributed by atoms with Gasteiger partial charge in [-0.15, -0.1) is 0 Å². The van der Waals surface area contributed by atoms with Crippen molar-refractivity contribution in [3.05, 3.63) is 12.3 Å². The van der Waals surface area contributed by atoms with Gasteiger partial charge in [0.25, 0.3) is 0 Å². The summed E-state index contributed by atoms with van der Waals surface area (Å²) in [5.41, 5.74) is 0. The fraction of sp³-hybridized carbons (Fsp3) is 0.444. The van der Waals surface area contributed by atoms with E-state index in [0.717, 1.165) is 0 Å². The molecule has 0 bridgehead atoms. The summed E-state index contributed by atoms with van der Waals surface area (Å²) in [4.78, 5) is 10.9. The van der Waals surface area contributed by atoms with Crippen molar-refractivity contribution in [3.8, 4) is 11.8 Å². The molecule has 0 aliphatic carbocycles. The average Bonchev–Trinajstić information content (AvgIpc) is 1.97. The first kappa shape index (κ1) is 9.77. The highest BCUT2D eigenvalue weighted by molar-refractivity contribution is 5.97. The van der Waals surface area contributed by atoms with Gasteiger partial charge in [-0.3, -0.25) is 4.79 Å². The Kier molecular flexibility index (Phi) is 4.93. The molecule has 0 saturated heterocycles. The van der Waals surface area contributed by atoms with Crippen molar-refractivity contribution >= 4 is 5.78 Å². The Hall–Kier alpha value is -1.23. The molecule has 0 heterocycles. The molecule has 2 heteroatoms. The van der Waals surface area contributed by atoms with Gasteiger partial charge in [-0.1, -0.05) is 19.8 Å². The van der Waals surface area contributed by atoms with Crippen LogP contribution in [-0.4, -0.2) is 12.9 Å². The standard InChI is InChI=1S/C9H12O2/c1-8(2)9(10)6-4-5-7-11-3/h5,7-8H,1-3H3/b7-5-. The Balaban J connectivity index is 3.88. The monoisotopic (exact) mass is 152 g/mol. The van der Waals surface area contributed by atoms with Gasteiger partial charge >= 0.3 is 0 Å². The summed E-state index contributed by atoms with van der Waals surface area (Å²) in [5, 5.41) is 0. The van der Waals surface area contributed by atoms with E-state index in [1.165, 1.54) is 19.4 Å². The number of hydrogen-bond acceptors (Lipinski definition) is 2. The zero-order valence-electron chi connectivity index (χ0n) is 7.05. The van der Waals surface area contributed by atoms with Crippen molar-refractivity contribution in [3.63, 3.8) is 0 Å². The number of ether oxygens (including phenoxy) is 1. The molecule has 0 aliphatic rings. The second kappa shape index (κ2) is 5.55. The van der Waals surface area contributed by atoms with Crippen LogP contribution in [0.1, 0.15) is 13.8 Å². The predicted octanol–water partition coefficient (Wildman–Crippen LogP) is 1.38. The summed E-state index contributed by atoms with van der Waals surface area (Å²) in [6, 6.07) is 0. The third kappa shape index (κ3) is 5.23. The molecule has 0 unspecified atom stereocenters. The summed E-state index contributed by atoms with van der Waals surface area (Å²) in [7, 11) is 1.53. The Morgan fingerprint density at radius 2 is 2.18 bits per heavy atom. The third-order valence-corrected chi connectivity index (χ3v) is 1.01. The van der Waals surface area contributed by atoms with E-state index >= 15 is 0 Å². The smallest absolute Gasteiger partial charge is 0.208 e. The van der Waals surface area contributed by atoms with Crippen LogP contribution in [0.4, 0.5) is 0 Å². The Morgan fingerprint density at radius 1 is 1.55 bits per heavy atom. The highest BCUT2D eigenvalue weighted by Gasteiger charge is 2.00. The number of ketones is 1. The summed E-state index contributed by atoms with van der Waals surface area (Å²) in [5.74, 6) is 4.96. The van der Waals surface area contributed by atoms with Crippen LogP contribution in [0.15, 0.2) is 12.3 Å². The van der Waals surface area contributed by atoms with Crippen LogP contribution in [0, 0.1) is 17.8 Å². The third-order valence-electron chi connectivity index (χ3n) is 1.01. The van der Waals surface area contributed by atoms with E-state index in [0.29, 0.717) is 0 Å². The van der Waals surface area contributed by atoms with Gasteiger partial charge in [0.05, 0.1) is 13.4 Å². The zero-order valence-corrected chi connectivity index (χ0v) is 7.05. The van der Waals surface area contributed by atoms with Crippen molar-refractivity contribution < 1.29 is 9.53 Å². The van der Waals surface area contributed by atoms with E-state index in [2.05, 4.69) is 16.6 Å². The van der Waals surface area contributed by atoms with Gasteiger partial charge in [-0.05, 0) is 5.92 Å². The van der Waals surface area contributed by atoms with E-state index in [1.54, 1.807) is 0 Å². The molecule has 0 radical (unpaired) electrons. The lowest BCUT2D eigenvalue weighted by molar-refractivity contribution is -0.116. The lowest BCUT2D eigenvalue weighted by Gasteiger charge is -1.91. The molecule has 0 rings (SSSR count). The maximum atomic E-state index is 10.9. The van der Waals surface area contributed by atoms with Crippen molar-refractivity contribution in [1.29, 1.82) is 0 Å². The second-order valence-corrected chi connectivity index (χ2v) is 2.33. The molecule has 0 N–H and O–H groups in total. The summed E-state index contributed by atoms with van der Waals surface area (Å²) in [6.07, 6.45) is 2.93.